The van der Waals surface area contributed by atoms with Crippen LogP contribution >= 0.6 is 0 Å². The van der Waals surface area contributed by atoms with Gasteiger partial charge in [0.25, 0.3) is 0 Å². The van der Waals surface area contributed by atoms with Crippen LogP contribution in [0.4, 0.5) is 0 Å². The quantitative estimate of drug-likeness (QED) is 0.726. The smallest absolute Gasteiger partial charge is 0.239 e. The second-order valence-electron chi connectivity index (χ2n) is 4.67. The number of hydrogen-bond acceptors (Lipinski definition) is 2. The first-order valence-electron chi connectivity index (χ1n) is 5.52. The molecular formula is C11H20N2O2. The van der Waals surface area contributed by atoms with E-state index >= 15 is 0 Å². The lowest BCUT2D eigenvalue weighted by Gasteiger charge is -2.16. The average Bonchev–Trinajstić information content (AvgIpc) is 2.96. The molecule has 0 bridgehead atoms. The van der Waals surface area contributed by atoms with Crippen LogP contribution in [0, 0.1) is 11.8 Å². The van der Waals surface area contributed by atoms with Gasteiger partial charge in [0.05, 0.1) is 6.54 Å². The van der Waals surface area contributed by atoms with Crippen LogP contribution < -0.4 is 5.32 Å². The van der Waals surface area contributed by atoms with Gasteiger partial charge in [0.1, 0.15) is 0 Å². The maximum Gasteiger partial charge on any atom is 0.239 e. The zero-order chi connectivity index (χ0) is 11.4. The van der Waals surface area contributed by atoms with E-state index in [2.05, 4.69) is 5.32 Å². The van der Waals surface area contributed by atoms with Crippen LogP contribution in [0.1, 0.15) is 26.7 Å². The molecule has 1 aliphatic rings. The third kappa shape index (κ3) is 4.32. The number of nitrogens with zero attached hydrogens (tertiary/aromatic N) is 1. The minimum absolute atomic E-state index is 0.0693. The molecule has 2 amide bonds. The summed E-state index contributed by atoms with van der Waals surface area (Å²) in [6.45, 7) is 4.94. The Morgan fingerprint density at radius 1 is 1.40 bits per heavy atom. The van der Waals surface area contributed by atoms with Gasteiger partial charge in [-0.05, 0) is 18.8 Å². The van der Waals surface area contributed by atoms with E-state index in [1.54, 1.807) is 7.05 Å². The average molecular weight is 212 g/mol. The number of hydrogen-bond donors (Lipinski definition) is 1. The Morgan fingerprint density at radius 3 is 2.47 bits per heavy atom. The summed E-state index contributed by atoms with van der Waals surface area (Å²) >= 11 is 0. The summed E-state index contributed by atoms with van der Waals surface area (Å²) < 4.78 is 0. The molecule has 1 fully saturated rings. The predicted molar refractivity (Wildman–Crippen MR) is 58.2 cm³/mol. The zero-order valence-electron chi connectivity index (χ0n) is 9.75. The molecule has 0 aliphatic heterocycles. The highest BCUT2D eigenvalue weighted by Crippen LogP contribution is 2.30. The maximum absolute atomic E-state index is 11.5. The van der Waals surface area contributed by atoms with Crippen molar-refractivity contribution in [3.63, 3.8) is 0 Å². The van der Waals surface area contributed by atoms with Crippen LogP contribution in [0.15, 0.2) is 0 Å². The van der Waals surface area contributed by atoms with Crippen molar-refractivity contribution in [2.45, 2.75) is 26.7 Å². The van der Waals surface area contributed by atoms with Crippen molar-refractivity contribution in [3.8, 4) is 0 Å². The van der Waals surface area contributed by atoms with Crippen molar-refractivity contribution in [1.29, 1.82) is 0 Å². The molecule has 4 heteroatoms. The molecule has 0 spiro atoms. The van der Waals surface area contributed by atoms with E-state index in [0.717, 1.165) is 12.8 Å². The van der Waals surface area contributed by atoms with Gasteiger partial charge >= 0.3 is 0 Å². The molecule has 1 saturated carbocycles. The lowest BCUT2D eigenvalue weighted by atomic mass is 10.2. The monoisotopic (exact) mass is 212 g/mol. The van der Waals surface area contributed by atoms with Crippen molar-refractivity contribution < 1.29 is 9.59 Å². The lowest BCUT2D eigenvalue weighted by Crippen LogP contribution is -2.40. The summed E-state index contributed by atoms with van der Waals surface area (Å²) in [5.74, 6) is 0.668. The fourth-order valence-corrected chi connectivity index (χ4v) is 1.31. The minimum atomic E-state index is -0.0693. The van der Waals surface area contributed by atoms with E-state index < -0.39 is 0 Å². The molecule has 1 rings (SSSR count). The molecule has 4 nitrogen and oxygen atoms in total. The maximum atomic E-state index is 11.5. The van der Waals surface area contributed by atoms with Gasteiger partial charge in [-0.3, -0.25) is 9.59 Å². The van der Waals surface area contributed by atoms with Crippen LogP contribution in [-0.2, 0) is 9.59 Å². The molecule has 86 valence electrons. The largest absolute Gasteiger partial charge is 0.354 e. The second kappa shape index (κ2) is 5.14. The molecule has 0 atom stereocenters. The number of carbonyl (C=O) groups excluding carboxylic acids is 2. The lowest BCUT2D eigenvalue weighted by molar-refractivity contribution is -0.135. The van der Waals surface area contributed by atoms with Crippen LogP contribution in [0.5, 0.6) is 0 Å². The van der Waals surface area contributed by atoms with E-state index in [9.17, 15) is 9.59 Å². The highest BCUT2D eigenvalue weighted by molar-refractivity contribution is 5.86. The fourth-order valence-electron chi connectivity index (χ4n) is 1.31. The van der Waals surface area contributed by atoms with Gasteiger partial charge < -0.3 is 10.2 Å². The van der Waals surface area contributed by atoms with E-state index in [4.69, 9.17) is 0 Å². The Morgan fingerprint density at radius 2 is 2.00 bits per heavy atom. The van der Waals surface area contributed by atoms with Crippen LogP contribution in [0.25, 0.3) is 0 Å². The SMILES string of the molecule is CC(C)CNC(=O)CN(C)C(=O)C1CC1. The summed E-state index contributed by atoms with van der Waals surface area (Å²) in [5, 5.41) is 2.79. The molecule has 0 radical (unpaired) electrons. The topological polar surface area (TPSA) is 49.4 Å². The first kappa shape index (κ1) is 12.0. The van der Waals surface area contributed by atoms with E-state index in [1.807, 2.05) is 13.8 Å². The number of rotatable bonds is 5. The van der Waals surface area contributed by atoms with Gasteiger partial charge in [-0.15, -0.1) is 0 Å². The third-order valence-corrected chi connectivity index (χ3v) is 2.39. The molecule has 0 heterocycles. The Balaban J connectivity index is 2.21. The Bertz CT molecular complexity index is 247. The highest BCUT2D eigenvalue weighted by Gasteiger charge is 2.32. The van der Waals surface area contributed by atoms with Gasteiger partial charge in [-0.2, -0.15) is 0 Å². The Hall–Kier alpha value is -1.06. The van der Waals surface area contributed by atoms with E-state index in [-0.39, 0.29) is 24.3 Å². The van der Waals surface area contributed by atoms with Crippen molar-refractivity contribution in [2.24, 2.45) is 11.8 Å². The molecule has 0 aromatic rings. The fraction of sp³-hybridized carbons (Fsp3) is 0.818. The first-order chi connectivity index (χ1) is 7.00. The van der Waals surface area contributed by atoms with E-state index in [1.165, 1.54) is 4.90 Å². The van der Waals surface area contributed by atoms with Crippen molar-refractivity contribution in [2.75, 3.05) is 20.1 Å². The summed E-state index contributed by atoms with van der Waals surface area (Å²) in [5.41, 5.74) is 0. The predicted octanol–water partition coefficient (Wildman–Crippen LogP) is 0.627. The summed E-state index contributed by atoms with van der Waals surface area (Å²) in [6.07, 6.45) is 1.97. The summed E-state index contributed by atoms with van der Waals surface area (Å²) in [7, 11) is 1.69. The summed E-state index contributed by atoms with van der Waals surface area (Å²) in [6, 6.07) is 0. The molecule has 1 aliphatic carbocycles. The van der Waals surface area contributed by atoms with Crippen LogP contribution in [0.3, 0.4) is 0 Å². The molecule has 0 aromatic carbocycles. The number of likely N-dealkylation sites (N-methyl/N-ethyl adjacent to an activating group) is 1. The second-order valence-corrected chi connectivity index (χ2v) is 4.67. The number of carbonyl (C=O) groups is 2. The highest BCUT2D eigenvalue weighted by atomic mass is 16.2. The van der Waals surface area contributed by atoms with Crippen molar-refractivity contribution >= 4 is 11.8 Å². The first-order valence-corrected chi connectivity index (χ1v) is 5.52. The minimum Gasteiger partial charge on any atom is -0.354 e. The van der Waals surface area contributed by atoms with Crippen LogP contribution in [-0.4, -0.2) is 36.9 Å². The van der Waals surface area contributed by atoms with Gasteiger partial charge in [-0.25, -0.2) is 0 Å². The van der Waals surface area contributed by atoms with Gasteiger partial charge in [-0.1, -0.05) is 13.8 Å². The number of nitrogens with one attached hydrogen (secondary N) is 1. The van der Waals surface area contributed by atoms with Gasteiger partial charge in [0.15, 0.2) is 0 Å². The molecule has 1 N–H and O–H groups in total. The third-order valence-electron chi connectivity index (χ3n) is 2.39. The van der Waals surface area contributed by atoms with Crippen molar-refractivity contribution in [3.05, 3.63) is 0 Å². The standard InChI is InChI=1S/C11H20N2O2/c1-8(2)6-12-10(14)7-13(3)11(15)9-4-5-9/h8-9H,4-7H2,1-3H3,(H,12,14). The van der Waals surface area contributed by atoms with Crippen molar-refractivity contribution in [1.82, 2.24) is 10.2 Å². The summed E-state index contributed by atoms with van der Waals surface area (Å²) in [4.78, 5) is 24.4. The molecular weight excluding hydrogens is 192 g/mol. The Labute approximate surface area is 91.0 Å². The molecule has 0 aromatic heterocycles. The molecule has 0 saturated heterocycles. The zero-order valence-corrected chi connectivity index (χ0v) is 9.75. The van der Waals surface area contributed by atoms with Gasteiger partial charge in [0.2, 0.25) is 11.8 Å². The molecule has 15 heavy (non-hydrogen) atoms. The van der Waals surface area contributed by atoms with E-state index in [0.29, 0.717) is 12.5 Å². The normalized spacial score (nSPS) is 15.2. The number of amides is 2. The van der Waals surface area contributed by atoms with Crippen LogP contribution in [0.2, 0.25) is 0 Å². The van der Waals surface area contributed by atoms with Gasteiger partial charge in [0, 0.05) is 19.5 Å². The Kier molecular flexibility index (Phi) is 4.12. The molecule has 0 unspecified atom stereocenters.